The average Bonchev–Trinajstić information content (AvgIpc) is 2.82. The minimum Gasteiger partial charge on any atom is -0.349 e. The van der Waals surface area contributed by atoms with Crippen LogP contribution in [0.4, 0.5) is 0 Å². The van der Waals surface area contributed by atoms with Crippen LogP contribution < -0.4 is 5.32 Å². The van der Waals surface area contributed by atoms with E-state index in [0.29, 0.717) is 10.6 Å². The van der Waals surface area contributed by atoms with E-state index in [2.05, 4.69) is 23.3 Å². The Kier molecular flexibility index (Phi) is 6.89. The average molecular weight is 443 g/mol. The van der Waals surface area contributed by atoms with Gasteiger partial charge in [-0.3, -0.25) is 4.79 Å². The zero-order valence-electron chi connectivity index (χ0n) is 18.3. The largest absolute Gasteiger partial charge is 0.349 e. The molecule has 0 fully saturated rings. The van der Waals surface area contributed by atoms with Crippen LogP contribution in [0.1, 0.15) is 35.3 Å². The Balaban J connectivity index is 1.60. The second-order valence-electron chi connectivity index (χ2n) is 8.05. The molecule has 1 atom stereocenters. The third-order valence-corrected chi connectivity index (χ3v) is 6.68. The van der Waals surface area contributed by atoms with Gasteiger partial charge in [0, 0.05) is 30.8 Å². The Bertz CT molecular complexity index is 1140. The first-order valence-corrected chi connectivity index (χ1v) is 11.7. The number of carbonyl (C=O) groups is 1. The summed E-state index contributed by atoms with van der Waals surface area (Å²) in [6.45, 7) is 3.67. The van der Waals surface area contributed by atoms with Crippen molar-refractivity contribution in [3.8, 4) is 17.2 Å². The van der Waals surface area contributed by atoms with E-state index < -0.39 is 0 Å². The molecule has 1 N–H and O–H groups in total. The van der Waals surface area contributed by atoms with Crippen molar-refractivity contribution >= 4 is 17.7 Å². The van der Waals surface area contributed by atoms with Crippen LogP contribution in [0.5, 0.6) is 0 Å². The Morgan fingerprint density at radius 2 is 1.88 bits per heavy atom. The highest BCUT2D eigenvalue weighted by Crippen LogP contribution is 2.37. The number of nitrogens with one attached hydrogen (secondary N) is 1. The third-order valence-electron chi connectivity index (χ3n) is 5.70. The molecule has 1 aliphatic heterocycles. The number of likely N-dealkylation sites (N-methyl/N-ethyl adjacent to an activating group) is 1. The maximum Gasteiger partial charge on any atom is 0.230 e. The molecule has 162 valence electrons. The van der Waals surface area contributed by atoms with E-state index in [-0.39, 0.29) is 17.7 Å². The topological polar surface area (TPSA) is 69.0 Å². The van der Waals surface area contributed by atoms with Gasteiger partial charge in [-0.15, -0.1) is 0 Å². The van der Waals surface area contributed by atoms with Crippen molar-refractivity contribution in [1.29, 1.82) is 5.26 Å². The van der Waals surface area contributed by atoms with Crippen LogP contribution in [0.2, 0.25) is 0 Å². The summed E-state index contributed by atoms with van der Waals surface area (Å²) in [5, 5.41) is 13.7. The molecule has 1 unspecified atom stereocenters. The normalized spacial score (nSPS) is 14.3. The van der Waals surface area contributed by atoms with Gasteiger partial charge >= 0.3 is 0 Å². The number of hydrogen-bond donors (Lipinski definition) is 1. The number of aromatic nitrogens is 1. The van der Waals surface area contributed by atoms with Gasteiger partial charge < -0.3 is 10.2 Å². The Morgan fingerprint density at radius 1 is 1.19 bits per heavy atom. The predicted molar refractivity (Wildman–Crippen MR) is 128 cm³/mol. The molecular formula is C26H26N4OS. The number of nitrogens with zero attached hydrogens (tertiary/aromatic N) is 3. The molecule has 1 aromatic heterocycles. The summed E-state index contributed by atoms with van der Waals surface area (Å²) >= 11 is 1.34. The molecule has 5 nitrogen and oxygen atoms in total. The molecule has 0 radical (unpaired) electrons. The van der Waals surface area contributed by atoms with Crippen molar-refractivity contribution in [3.05, 3.63) is 83.0 Å². The summed E-state index contributed by atoms with van der Waals surface area (Å²) < 4.78 is 0. The number of thioether (sulfide) groups is 1. The van der Waals surface area contributed by atoms with E-state index in [0.717, 1.165) is 47.5 Å². The van der Waals surface area contributed by atoms with Crippen LogP contribution in [-0.2, 0) is 17.8 Å². The molecule has 2 heterocycles. The molecule has 1 aliphatic rings. The number of benzene rings is 2. The summed E-state index contributed by atoms with van der Waals surface area (Å²) in [6.07, 6.45) is 0.835. The molecule has 0 saturated heterocycles. The molecule has 2 aromatic carbocycles. The first-order valence-electron chi connectivity index (χ1n) is 10.7. The number of hydrogen-bond acceptors (Lipinski definition) is 5. The summed E-state index contributed by atoms with van der Waals surface area (Å²) in [7, 11) is 2.09. The first-order chi connectivity index (χ1) is 15.6. The number of rotatable bonds is 6. The molecule has 1 amide bonds. The van der Waals surface area contributed by atoms with Gasteiger partial charge in [-0.25, -0.2) is 4.98 Å². The third kappa shape index (κ3) is 4.85. The smallest absolute Gasteiger partial charge is 0.230 e. The number of amides is 1. The van der Waals surface area contributed by atoms with E-state index in [1.807, 2.05) is 67.6 Å². The van der Waals surface area contributed by atoms with Gasteiger partial charge in [0.2, 0.25) is 5.91 Å². The van der Waals surface area contributed by atoms with Crippen molar-refractivity contribution < 1.29 is 4.79 Å². The summed E-state index contributed by atoms with van der Waals surface area (Å²) in [5.41, 5.74) is 5.73. The van der Waals surface area contributed by atoms with Crippen molar-refractivity contribution in [1.82, 2.24) is 15.2 Å². The number of fused-ring (bicyclic) bond motifs is 1. The van der Waals surface area contributed by atoms with Gasteiger partial charge in [0.1, 0.15) is 11.1 Å². The zero-order valence-corrected chi connectivity index (χ0v) is 19.2. The highest BCUT2D eigenvalue weighted by atomic mass is 32.2. The van der Waals surface area contributed by atoms with Crippen molar-refractivity contribution in [2.45, 2.75) is 31.0 Å². The van der Waals surface area contributed by atoms with Crippen LogP contribution >= 0.6 is 11.8 Å². The highest BCUT2D eigenvalue weighted by Gasteiger charge is 2.25. The van der Waals surface area contributed by atoms with E-state index in [1.54, 1.807) is 0 Å². The first kappa shape index (κ1) is 22.1. The zero-order chi connectivity index (χ0) is 22.5. The molecule has 3 aromatic rings. The van der Waals surface area contributed by atoms with Gasteiger partial charge in [-0.1, -0.05) is 72.4 Å². The monoisotopic (exact) mass is 442 g/mol. The molecule has 0 spiro atoms. The molecule has 6 heteroatoms. The standard InChI is InChI=1S/C26H26N4OS/c1-18(19-9-5-3-6-10-19)28-24(31)17-32-26-21(15-27)25(20-11-7-4-8-12-20)22-16-30(2)14-13-23(22)29-26/h3-12,18H,13-14,16-17H2,1-2H3,(H,28,31). The summed E-state index contributed by atoms with van der Waals surface area (Å²) in [6, 6.07) is 22.2. The van der Waals surface area contributed by atoms with Gasteiger partial charge in [0.25, 0.3) is 0 Å². The quantitative estimate of drug-likeness (QED) is 0.566. The molecule has 4 rings (SSSR count). The molecule has 0 aliphatic carbocycles. The van der Waals surface area contributed by atoms with E-state index in [9.17, 15) is 10.1 Å². The van der Waals surface area contributed by atoms with Gasteiger partial charge in [0.05, 0.1) is 17.4 Å². The van der Waals surface area contributed by atoms with Gasteiger partial charge in [0.15, 0.2) is 0 Å². The van der Waals surface area contributed by atoms with Crippen LogP contribution in [0, 0.1) is 11.3 Å². The molecule has 32 heavy (non-hydrogen) atoms. The Hall–Kier alpha value is -3.14. The van der Waals surface area contributed by atoms with Gasteiger partial charge in [-0.05, 0) is 30.7 Å². The second kappa shape index (κ2) is 9.99. The Labute approximate surface area is 193 Å². The van der Waals surface area contributed by atoms with Crippen LogP contribution in [0.15, 0.2) is 65.7 Å². The van der Waals surface area contributed by atoms with Gasteiger partial charge in [-0.2, -0.15) is 5.26 Å². The number of carbonyl (C=O) groups excluding carboxylic acids is 1. The van der Waals surface area contributed by atoms with E-state index >= 15 is 0 Å². The van der Waals surface area contributed by atoms with E-state index in [4.69, 9.17) is 4.98 Å². The van der Waals surface area contributed by atoms with Crippen molar-refractivity contribution in [2.24, 2.45) is 0 Å². The maximum absolute atomic E-state index is 12.6. The maximum atomic E-state index is 12.6. The van der Waals surface area contributed by atoms with Crippen molar-refractivity contribution in [3.63, 3.8) is 0 Å². The highest BCUT2D eigenvalue weighted by molar-refractivity contribution is 8.00. The molecular weight excluding hydrogens is 416 g/mol. The van der Waals surface area contributed by atoms with E-state index in [1.165, 1.54) is 11.8 Å². The summed E-state index contributed by atoms with van der Waals surface area (Å²) in [4.78, 5) is 19.7. The lowest BCUT2D eigenvalue weighted by Gasteiger charge is -2.28. The fourth-order valence-electron chi connectivity index (χ4n) is 4.04. The minimum atomic E-state index is -0.0772. The van der Waals surface area contributed by atoms with Crippen LogP contribution in [0.3, 0.4) is 0 Å². The lowest BCUT2D eigenvalue weighted by molar-refractivity contribution is -0.119. The fraction of sp³-hybridized carbons (Fsp3) is 0.269. The lowest BCUT2D eigenvalue weighted by atomic mass is 9.92. The summed E-state index contributed by atoms with van der Waals surface area (Å²) in [5.74, 6) is 0.141. The second-order valence-corrected chi connectivity index (χ2v) is 9.01. The SMILES string of the molecule is CC(NC(=O)CSc1nc2c(c(-c3ccccc3)c1C#N)CN(C)CC2)c1ccccc1. The van der Waals surface area contributed by atoms with Crippen LogP contribution in [0.25, 0.3) is 11.1 Å². The minimum absolute atomic E-state index is 0.0734. The number of pyridine rings is 1. The van der Waals surface area contributed by atoms with Crippen molar-refractivity contribution in [2.75, 3.05) is 19.3 Å². The number of nitriles is 1. The van der Waals surface area contributed by atoms with Crippen LogP contribution in [-0.4, -0.2) is 35.1 Å². The molecule has 0 bridgehead atoms. The fourth-order valence-corrected chi connectivity index (χ4v) is 4.86. The Morgan fingerprint density at radius 3 is 2.56 bits per heavy atom. The molecule has 0 saturated carbocycles. The lowest BCUT2D eigenvalue weighted by Crippen LogP contribution is -2.29. The predicted octanol–water partition coefficient (Wildman–Crippen LogP) is 4.58.